The Morgan fingerprint density at radius 1 is 1.47 bits per heavy atom. The molecule has 1 atom stereocenters. The number of hydrogen-bond acceptors (Lipinski definition) is 5. The van der Waals surface area contributed by atoms with Crippen LogP contribution >= 0.6 is 0 Å². The van der Waals surface area contributed by atoms with E-state index in [4.69, 9.17) is 15.2 Å². The second-order valence-corrected chi connectivity index (χ2v) is 4.79. The molecule has 1 fully saturated rings. The van der Waals surface area contributed by atoms with Gasteiger partial charge in [0.1, 0.15) is 0 Å². The highest BCUT2D eigenvalue weighted by Gasteiger charge is 2.27. The van der Waals surface area contributed by atoms with Crippen molar-refractivity contribution in [2.75, 3.05) is 44.5 Å². The quantitative estimate of drug-likeness (QED) is 0.660. The van der Waals surface area contributed by atoms with Crippen molar-refractivity contribution in [1.82, 2.24) is 0 Å². The Balaban J connectivity index is 2.27. The van der Waals surface area contributed by atoms with Crippen molar-refractivity contribution < 1.29 is 14.3 Å². The molecule has 1 aliphatic heterocycles. The van der Waals surface area contributed by atoms with E-state index in [0.29, 0.717) is 17.2 Å². The lowest BCUT2D eigenvalue weighted by Gasteiger charge is -2.23. The van der Waals surface area contributed by atoms with Crippen LogP contribution in [0.2, 0.25) is 0 Å². The fraction of sp³-hybridized carbons (Fsp3) is 0.500. The number of nitrogen functional groups attached to an aromatic ring is 1. The number of rotatable bonds is 4. The van der Waals surface area contributed by atoms with Gasteiger partial charge in [0.2, 0.25) is 0 Å². The summed E-state index contributed by atoms with van der Waals surface area (Å²) in [6.45, 7) is 2.47. The third-order valence-electron chi connectivity index (χ3n) is 3.48. The molecule has 0 aliphatic carbocycles. The first kappa shape index (κ1) is 13.7. The molecule has 0 saturated carbocycles. The number of nitrogens with zero attached hydrogens (tertiary/aromatic N) is 1. The fourth-order valence-corrected chi connectivity index (χ4v) is 2.60. The maximum Gasteiger partial charge on any atom is 0.340 e. The molecule has 5 heteroatoms. The second kappa shape index (κ2) is 5.93. The van der Waals surface area contributed by atoms with Gasteiger partial charge >= 0.3 is 5.97 Å². The zero-order valence-corrected chi connectivity index (χ0v) is 11.4. The third kappa shape index (κ3) is 2.81. The van der Waals surface area contributed by atoms with E-state index in [9.17, 15) is 4.79 Å². The molecule has 104 valence electrons. The van der Waals surface area contributed by atoms with Crippen LogP contribution in [0.4, 0.5) is 11.4 Å². The highest BCUT2D eigenvalue weighted by Crippen LogP contribution is 2.32. The van der Waals surface area contributed by atoms with E-state index in [1.807, 2.05) is 6.07 Å². The van der Waals surface area contributed by atoms with Gasteiger partial charge in [-0.05, 0) is 18.6 Å². The molecule has 1 aromatic rings. The molecular weight excluding hydrogens is 244 g/mol. The topological polar surface area (TPSA) is 64.8 Å². The minimum Gasteiger partial charge on any atom is -0.465 e. The van der Waals surface area contributed by atoms with E-state index >= 15 is 0 Å². The summed E-state index contributed by atoms with van der Waals surface area (Å²) in [5, 5.41) is 0. The highest BCUT2D eigenvalue weighted by atomic mass is 16.5. The summed E-state index contributed by atoms with van der Waals surface area (Å²) in [5.41, 5.74) is 7.96. The average Bonchev–Trinajstić information content (AvgIpc) is 2.86. The fourth-order valence-electron chi connectivity index (χ4n) is 2.60. The van der Waals surface area contributed by atoms with Gasteiger partial charge in [0, 0.05) is 26.1 Å². The molecule has 0 bridgehead atoms. The number of carbonyl (C=O) groups excluding carboxylic acids is 1. The van der Waals surface area contributed by atoms with Gasteiger partial charge in [0.25, 0.3) is 0 Å². The minimum absolute atomic E-state index is 0.350. The SMILES string of the molecule is COCC1CCN(c2c(N)cccc2C(=O)OC)C1. The maximum atomic E-state index is 11.8. The van der Waals surface area contributed by atoms with E-state index in [-0.39, 0.29) is 5.97 Å². The van der Waals surface area contributed by atoms with Crippen molar-refractivity contribution in [3.05, 3.63) is 23.8 Å². The van der Waals surface area contributed by atoms with E-state index in [2.05, 4.69) is 4.90 Å². The Morgan fingerprint density at radius 3 is 2.95 bits per heavy atom. The van der Waals surface area contributed by atoms with Crippen LogP contribution in [0.3, 0.4) is 0 Å². The van der Waals surface area contributed by atoms with Crippen molar-refractivity contribution in [2.45, 2.75) is 6.42 Å². The third-order valence-corrected chi connectivity index (χ3v) is 3.48. The molecule has 0 amide bonds. The molecule has 1 heterocycles. The van der Waals surface area contributed by atoms with Crippen LogP contribution in [0.15, 0.2) is 18.2 Å². The van der Waals surface area contributed by atoms with Crippen molar-refractivity contribution >= 4 is 17.3 Å². The van der Waals surface area contributed by atoms with Crippen LogP contribution in [-0.2, 0) is 9.47 Å². The van der Waals surface area contributed by atoms with E-state index in [1.165, 1.54) is 7.11 Å². The number of carbonyl (C=O) groups is 1. The lowest BCUT2D eigenvalue weighted by atomic mass is 10.1. The molecule has 19 heavy (non-hydrogen) atoms. The number of benzene rings is 1. The van der Waals surface area contributed by atoms with Gasteiger partial charge in [0.05, 0.1) is 30.7 Å². The predicted molar refractivity (Wildman–Crippen MR) is 74.4 cm³/mol. The summed E-state index contributed by atoms with van der Waals surface area (Å²) in [6.07, 6.45) is 1.04. The second-order valence-electron chi connectivity index (χ2n) is 4.79. The Labute approximate surface area is 113 Å². The van der Waals surface area contributed by atoms with E-state index < -0.39 is 0 Å². The molecule has 2 rings (SSSR count). The standard InChI is InChI=1S/C14H20N2O3/c1-18-9-10-6-7-16(8-10)13-11(14(17)19-2)4-3-5-12(13)15/h3-5,10H,6-9,15H2,1-2H3. The molecule has 0 aromatic heterocycles. The largest absolute Gasteiger partial charge is 0.465 e. The first-order chi connectivity index (χ1) is 9.17. The molecule has 0 radical (unpaired) electrons. The smallest absolute Gasteiger partial charge is 0.340 e. The van der Waals surface area contributed by atoms with E-state index in [0.717, 1.165) is 31.8 Å². The number of esters is 1. The Morgan fingerprint density at radius 2 is 2.26 bits per heavy atom. The first-order valence-electron chi connectivity index (χ1n) is 6.38. The summed E-state index contributed by atoms with van der Waals surface area (Å²) in [5.74, 6) is 0.132. The van der Waals surface area contributed by atoms with Gasteiger partial charge < -0.3 is 20.1 Å². The number of hydrogen-bond donors (Lipinski definition) is 1. The summed E-state index contributed by atoms with van der Waals surface area (Å²) >= 11 is 0. The zero-order valence-electron chi connectivity index (χ0n) is 11.4. The molecule has 5 nitrogen and oxygen atoms in total. The average molecular weight is 264 g/mol. The number of nitrogens with two attached hydrogens (primary N) is 1. The number of para-hydroxylation sites is 1. The molecule has 1 aromatic carbocycles. The van der Waals surface area contributed by atoms with Gasteiger partial charge in [0.15, 0.2) is 0 Å². The van der Waals surface area contributed by atoms with E-state index in [1.54, 1.807) is 19.2 Å². The van der Waals surface area contributed by atoms with Crippen molar-refractivity contribution in [3.63, 3.8) is 0 Å². The monoisotopic (exact) mass is 264 g/mol. The Bertz CT molecular complexity index is 462. The lowest BCUT2D eigenvalue weighted by Crippen LogP contribution is -2.24. The van der Waals surface area contributed by atoms with Gasteiger partial charge in [-0.15, -0.1) is 0 Å². The lowest BCUT2D eigenvalue weighted by molar-refractivity contribution is 0.0601. The van der Waals surface area contributed by atoms with Gasteiger partial charge in [-0.1, -0.05) is 6.07 Å². The zero-order chi connectivity index (χ0) is 13.8. The first-order valence-corrected chi connectivity index (χ1v) is 6.38. The summed E-state index contributed by atoms with van der Waals surface area (Å²) in [4.78, 5) is 14.0. The molecule has 1 saturated heterocycles. The number of ether oxygens (including phenoxy) is 2. The van der Waals surface area contributed by atoms with Crippen molar-refractivity contribution in [2.24, 2.45) is 5.92 Å². The minimum atomic E-state index is -0.350. The van der Waals surface area contributed by atoms with Gasteiger partial charge in [-0.2, -0.15) is 0 Å². The summed E-state index contributed by atoms with van der Waals surface area (Å²) < 4.78 is 10.0. The van der Waals surface area contributed by atoms with Crippen molar-refractivity contribution in [1.29, 1.82) is 0 Å². The van der Waals surface area contributed by atoms with Gasteiger partial charge in [-0.25, -0.2) is 4.79 Å². The van der Waals surface area contributed by atoms with Crippen LogP contribution in [-0.4, -0.2) is 39.9 Å². The van der Waals surface area contributed by atoms with Crippen LogP contribution in [0.5, 0.6) is 0 Å². The molecule has 0 spiro atoms. The molecular formula is C14H20N2O3. The van der Waals surface area contributed by atoms with Crippen molar-refractivity contribution in [3.8, 4) is 0 Å². The van der Waals surface area contributed by atoms with Crippen LogP contribution in [0.1, 0.15) is 16.8 Å². The predicted octanol–water partition coefficient (Wildman–Crippen LogP) is 1.53. The Hall–Kier alpha value is -1.75. The molecule has 1 aliphatic rings. The Kier molecular flexibility index (Phi) is 4.27. The van der Waals surface area contributed by atoms with Crippen LogP contribution in [0.25, 0.3) is 0 Å². The summed E-state index contributed by atoms with van der Waals surface area (Å²) in [6, 6.07) is 5.33. The van der Waals surface area contributed by atoms with Gasteiger partial charge in [-0.3, -0.25) is 0 Å². The number of methoxy groups -OCH3 is 2. The summed E-state index contributed by atoms with van der Waals surface area (Å²) in [7, 11) is 3.09. The molecule has 1 unspecified atom stereocenters. The molecule has 2 N–H and O–H groups in total. The normalized spacial score (nSPS) is 18.6. The number of anilines is 2. The maximum absolute atomic E-state index is 11.8. The van der Waals surface area contributed by atoms with Crippen LogP contribution in [0, 0.1) is 5.92 Å². The van der Waals surface area contributed by atoms with Crippen LogP contribution < -0.4 is 10.6 Å². The highest BCUT2D eigenvalue weighted by molar-refractivity contribution is 5.99.